The largest absolute Gasteiger partial charge is 1.00 e. The number of rotatable bonds is 30. The number of benzene rings is 12. The standard InChI is InChI=1S/C29H33BrINOSi.C29H32BrNO2Si.C29H34BrNOSi.C21H27ClO2Si.C8H6BrN.B.4ClH.I2.Li.Sn.H/c1-28(2,20-25-24-19-21(30)15-16-26(24)32-27(25)31)17-18-29(3,4)34(33,22-11-7-5-8-12-22)23-13-9-6-10-14-23;1-28(2,27(32)25-20-31-26-16-15-21(30)19-24(25)26)17-18-29(3,4)34(33,22-11-7-5-8-12-22)23-13-9-6-10-14-23;1-28(2,20-22-21-31-27-16-15-23(30)19-26(22)27)17-18-29(3,4)33(32,24-11-7-5-8-12-24)25-13-9-6-10-14-25;1-20(2,3)25(17-12-8-6-9-13-17,18-14-10-7-11-15-18)24-16-21(4,5)19(22)23;9-7-1-2-8-6(5-7)3-4-10-8;;;;;;1-2;;;/h5-16,19,32-33H,17-18,20H2,1-4H3;5-16,19-20,31,33H,17-18H2,1-4H3;5-16,19,21,31-32H,17-18,20H2,1-4H3;6-15H,16H2,1-5H3;1-5,10H;;4*1H;;;;/q;;;;;;;;;;;+1;+4;-1/p-4. The monoisotopic (exact) mass is 2800 g/mol. The summed E-state index contributed by atoms with van der Waals surface area (Å²) in [6.07, 6.45) is 13.3. The fraction of sp³-hybridized carbons (Fsp3) is 0.293. The van der Waals surface area contributed by atoms with E-state index in [9.17, 15) is 24.0 Å². The maximum Gasteiger partial charge on any atom is 1.00 e. The van der Waals surface area contributed by atoms with Crippen molar-refractivity contribution in [2.24, 2.45) is 21.7 Å². The molecule has 0 aliphatic rings. The van der Waals surface area contributed by atoms with Crippen LogP contribution in [-0.4, -0.2) is 108 Å². The normalized spacial score (nSPS) is 12.4. The SMILES string of the molecule is Brc1ccc2[nH]ccc2c1.CC(C)(CCC(C)(C)[Si](O)(c1ccccc1)c1ccccc1)C(=O)c1c[nH]c2ccc(Br)cc12.CC(C)(CCC(C)(C)[Si](O)(c1ccccc1)c1ccccc1)Cc1c(I)[nH]c2ccc(Br)cc12.CC(C)(CCC(C)(C)[Si](O)(c1ccccc1)c1ccccc1)Cc1c[nH]c2ccc(Br)cc12.CC(C)(CO[Si](c1ccccc1)(c1ccccc1)C(C)(C)C)C(=O)Cl.II.[B].[Cl][Sn]([Cl])([Cl])[Cl].[H-].[Li+]. The number of aromatic amines is 4. The Kier molecular flexibility index (Phi) is 47.6. The van der Waals surface area contributed by atoms with Crippen molar-refractivity contribution >= 4 is 323 Å². The fourth-order valence-corrected chi connectivity index (χ4v) is 37.3. The van der Waals surface area contributed by atoms with Crippen LogP contribution < -0.4 is 60.4 Å². The topological polar surface area (TPSA) is 167 Å². The van der Waals surface area contributed by atoms with E-state index in [1.165, 1.54) is 57.9 Å². The van der Waals surface area contributed by atoms with Gasteiger partial charge in [-0.15, -0.1) is 0 Å². The molecule has 0 saturated carbocycles. The van der Waals surface area contributed by atoms with Gasteiger partial charge in [-0.1, -0.05) is 410 Å². The van der Waals surface area contributed by atoms with E-state index < -0.39 is 63.0 Å². The summed E-state index contributed by atoms with van der Waals surface area (Å²) >= 11 is 23.4. The Morgan fingerprint density at radius 2 is 0.683 bits per heavy atom. The van der Waals surface area contributed by atoms with Crippen molar-refractivity contribution in [1.29, 1.82) is 0 Å². The number of aromatic nitrogens is 4. The van der Waals surface area contributed by atoms with Gasteiger partial charge in [0.2, 0.25) is 5.24 Å². The fourth-order valence-electron chi connectivity index (χ4n) is 19.1. The van der Waals surface area contributed by atoms with Gasteiger partial charge in [-0.2, -0.15) is 0 Å². The molecule has 761 valence electrons. The van der Waals surface area contributed by atoms with Crippen LogP contribution >= 0.6 is 171 Å². The van der Waals surface area contributed by atoms with E-state index in [2.05, 4.69) is 367 Å². The molecule has 0 amide bonds. The first-order valence-corrected chi connectivity index (χ1v) is 80.9. The minimum absolute atomic E-state index is 0. The predicted molar refractivity (Wildman–Crippen MR) is 672 cm³/mol. The van der Waals surface area contributed by atoms with E-state index in [1.54, 1.807) is 0 Å². The molecule has 0 spiro atoms. The quantitative estimate of drug-likeness (QED) is 0.0102. The first-order valence-electron chi connectivity index (χ1n) is 47.8. The molecule has 7 N–H and O–H groups in total. The Morgan fingerprint density at radius 1 is 0.379 bits per heavy atom. The van der Waals surface area contributed by atoms with Crippen LogP contribution in [0.2, 0.25) is 20.2 Å². The average Bonchev–Trinajstić information content (AvgIpc) is 1.26. The summed E-state index contributed by atoms with van der Waals surface area (Å²) in [5, 5.41) is 12.2. The number of fused-ring (bicyclic) bond motifs is 4. The Balaban J connectivity index is 0.000000249. The van der Waals surface area contributed by atoms with Gasteiger partial charge >= 0.3 is 68.4 Å². The molecule has 0 fully saturated rings. The summed E-state index contributed by atoms with van der Waals surface area (Å²) in [4.78, 5) is 76.1. The molecule has 0 aliphatic carbocycles. The Labute approximate surface area is 974 Å². The third kappa shape index (κ3) is 32.5. The van der Waals surface area contributed by atoms with Crippen molar-refractivity contribution in [3.05, 3.63) is 378 Å². The van der Waals surface area contributed by atoms with Gasteiger partial charge in [0.1, 0.15) is 0 Å². The second kappa shape index (κ2) is 54.8. The zero-order valence-corrected chi connectivity index (χ0v) is 109. The molecular formula is C116H133BBr4Cl5I3LiN4O6Si4Sn. The van der Waals surface area contributed by atoms with Gasteiger partial charge in [-0.05, 0) is 262 Å². The minimum atomic E-state index is -3.29. The Bertz CT molecular complexity index is 6650. The van der Waals surface area contributed by atoms with Crippen LogP contribution in [-0.2, 0) is 22.1 Å². The van der Waals surface area contributed by atoms with E-state index >= 15 is 0 Å². The van der Waals surface area contributed by atoms with Gasteiger partial charge in [0.15, 0.2) is 5.78 Å². The maximum absolute atomic E-state index is 13.7. The third-order valence-corrected chi connectivity index (χ3v) is 49.8. The molecule has 16 aromatic rings. The molecule has 0 unspecified atom stereocenters. The van der Waals surface area contributed by atoms with E-state index in [1.807, 2.05) is 234 Å². The van der Waals surface area contributed by atoms with Crippen LogP contribution in [0.4, 0.5) is 0 Å². The molecule has 0 bridgehead atoms. The van der Waals surface area contributed by atoms with Crippen LogP contribution in [0, 0.1) is 25.4 Å². The van der Waals surface area contributed by atoms with E-state index in [4.69, 9.17) is 51.7 Å². The number of ketones is 1. The zero-order valence-electron chi connectivity index (χ0n) is 86.9. The summed E-state index contributed by atoms with van der Waals surface area (Å²) in [5.74, 6) is 0.122. The molecule has 0 saturated heterocycles. The molecule has 4 aromatic heterocycles. The van der Waals surface area contributed by atoms with Crippen molar-refractivity contribution in [2.75, 3.05) is 6.61 Å². The molecule has 3 radical (unpaired) electrons. The number of H-pyrrole nitrogens is 4. The molecule has 10 nitrogen and oxygen atoms in total. The van der Waals surface area contributed by atoms with Gasteiger partial charge in [-0.25, -0.2) is 0 Å². The third-order valence-electron chi connectivity index (χ3n) is 27.8. The number of hydrogen-bond donors (Lipinski definition) is 7. The van der Waals surface area contributed by atoms with Crippen molar-refractivity contribution in [1.82, 2.24) is 19.9 Å². The van der Waals surface area contributed by atoms with Crippen molar-refractivity contribution in [3.8, 4) is 0 Å². The maximum atomic E-state index is 13.7. The second-order valence-corrected chi connectivity index (χ2v) is 89.2. The average molecular weight is 2810 g/mol. The van der Waals surface area contributed by atoms with Crippen LogP contribution in [0.1, 0.15) is 179 Å². The number of hydrogen-bond acceptors (Lipinski definition) is 6. The van der Waals surface area contributed by atoms with E-state index in [0.29, 0.717) is 13.0 Å². The Hall–Kier alpha value is -4.13. The number of nitrogens with one attached hydrogen (secondary N) is 4. The first-order chi connectivity index (χ1) is 67.2. The van der Waals surface area contributed by atoms with E-state index in [-0.39, 0.29) is 65.7 Å². The molecule has 145 heavy (non-hydrogen) atoms. The van der Waals surface area contributed by atoms with Gasteiger partial charge in [0.25, 0.3) is 33.3 Å². The predicted octanol–water partition coefficient (Wildman–Crippen LogP) is 28.8. The molecule has 0 atom stereocenters. The number of carbonyl (C=O) groups is 2. The van der Waals surface area contributed by atoms with Gasteiger partial charge < -0.3 is 40.2 Å². The van der Waals surface area contributed by atoms with Crippen LogP contribution in [0.5, 0.6) is 0 Å². The summed E-state index contributed by atoms with van der Waals surface area (Å²) < 4.78 is 12.2. The number of carbonyl (C=O) groups excluding carboxylic acids is 2. The summed E-state index contributed by atoms with van der Waals surface area (Å²) in [5.41, 5.74) is 6.87. The van der Waals surface area contributed by atoms with Crippen LogP contribution in [0.3, 0.4) is 0 Å². The van der Waals surface area contributed by atoms with E-state index in [0.717, 1.165) is 110 Å². The van der Waals surface area contributed by atoms with Crippen molar-refractivity contribution < 1.29 is 48.7 Å². The first kappa shape index (κ1) is 126. The number of halogens is 12. The summed E-state index contributed by atoms with van der Waals surface area (Å²) in [6, 6.07) is 109. The molecule has 16 rings (SSSR count). The Morgan fingerprint density at radius 3 is 1.04 bits per heavy atom. The van der Waals surface area contributed by atoms with Gasteiger partial charge in [0.05, 0.1) is 9.12 Å². The van der Waals surface area contributed by atoms with Gasteiger partial charge in [-0.3, -0.25) is 9.59 Å². The second-order valence-electron chi connectivity index (χ2n) is 42.6. The minimum Gasteiger partial charge on any atom is -1.00 e. The zero-order chi connectivity index (χ0) is 105. The van der Waals surface area contributed by atoms with Crippen molar-refractivity contribution in [3.63, 3.8) is 0 Å². The molecule has 4 heterocycles. The summed E-state index contributed by atoms with van der Waals surface area (Å²) in [7, 11) is 8.47. The number of Topliss-reactive ketones (excluding diaryl/α,β-unsaturated/α-hetero) is 1. The molecule has 12 aromatic carbocycles. The molecular weight excluding hydrogens is 2670 g/mol. The van der Waals surface area contributed by atoms with Crippen molar-refractivity contribution in [2.45, 2.75) is 189 Å². The van der Waals surface area contributed by atoms with Crippen LogP contribution in [0.15, 0.2) is 358 Å². The van der Waals surface area contributed by atoms with Crippen LogP contribution in [0.25, 0.3) is 43.6 Å². The van der Waals surface area contributed by atoms with Gasteiger partial charge in [0, 0.05) is 143 Å². The molecule has 0 aliphatic heterocycles. The molecule has 29 heteroatoms. The smallest absolute Gasteiger partial charge is 1.00 e. The summed E-state index contributed by atoms with van der Waals surface area (Å²) in [6.45, 7) is 37.5.